The largest absolute Gasteiger partial charge is 0.507 e. The number of nitrogens with zero attached hydrogens (tertiary/aromatic N) is 2. The molecule has 0 radical (unpaired) electrons. The highest BCUT2D eigenvalue weighted by molar-refractivity contribution is 7.20. The fraction of sp³-hybridized carbons (Fsp3) is 0.227. The lowest BCUT2D eigenvalue weighted by atomic mass is 10.1. The number of aryl methyl sites for hydroxylation is 2. The number of anilines is 1. The third-order valence-electron chi connectivity index (χ3n) is 5.02. The van der Waals surface area contributed by atoms with Gasteiger partial charge >= 0.3 is 0 Å². The molecule has 0 fully saturated rings. The van der Waals surface area contributed by atoms with E-state index in [1.807, 2.05) is 6.07 Å². The van der Waals surface area contributed by atoms with Crippen LogP contribution in [0, 0.1) is 6.92 Å². The number of amides is 1. The molecule has 2 N–H and O–H groups in total. The Labute approximate surface area is 171 Å². The number of aromatic nitrogens is 2. The van der Waals surface area contributed by atoms with Crippen molar-refractivity contribution < 1.29 is 9.90 Å². The third kappa shape index (κ3) is 3.38. The maximum atomic E-state index is 13.0. The van der Waals surface area contributed by atoms with Gasteiger partial charge < -0.3 is 10.4 Å². The minimum Gasteiger partial charge on any atom is -0.507 e. The van der Waals surface area contributed by atoms with E-state index in [0.717, 1.165) is 18.2 Å². The first-order valence-electron chi connectivity index (χ1n) is 9.52. The number of fused-ring (bicyclic) bond motifs is 2. The van der Waals surface area contributed by atoms with E-state index < -0.39 is 0 Å². The van der Waals surface area contributed by atoms with Crippen LogP contribution in [0.5, 0.6) is 5.75 Å². The lowest BCUT2D eigenvalue weighted by Gasteiger charge is -2.09. The number of benzene rings is 2. The zero-order valence-corrected chi connectivity index (χ0v) is 17.0. The van der Waals surface area contributed by atoms with Crippen LogP contribution in [-0.2, 0) is 6.54 Å². The van der Waals surface area contributed by atoms with Crippen LogP contribution in [0.4, 0.5) is 5.69 Å². The second-order valence-corrected chi connectivity index (χ2v) is 7.96. The number of nitrogens with one attached hydrogen (secondary N) is 1. The van der Waals surface area contributed by atoms with Gasteiger partial charge in [0.15, 0.2) is 0 Å². The molecule has 2 aromatic carbocycles. The van der Waals surface area contributed by atoms with Gasteiger partial charge in [-0.3, -0.25) is 14.2 Å². The standard InChI is InChI=1S/C22H21N3O3S/c1-3-4-11-25-12-23-21-18(22(25)28)13(2)19(29-21)20(27)24-16-9-5-8-15-14(16)7-6-10-17(15)26/h5-10,12,26H,3-4,11H2,1-2H3,(H,24,27). The average Bonchev–Trinajstić information content (AvgIpc) is 3.06. The van der Waals surface area contributed by atoms with Crippen LogP contribution in [0.25, 0.3) is 21.0 Å². The minimum absolute atomic E-state index is 0.105. The lowest BCUT2D eigenvalue weighted by Crippen LogP contribution is -2.20. The number of phenols is 1. The number of rotatable bonds is 5. The van der Waals surface area contributed by atoms with Gasteiger partial charge in [-0.05, 0) is 31.0 Å². The number of phenolic OH excluding ortho intramolecular Hbond substituents is 1. The number of hydrogen-bond donors (Lipinski definition) is 2. The van der Waals surface area contributed by atoms with E-state index in [-0.39, 0.29) is 17.2 Å². The van der Waals surface area contributed by atoms with Gasteiger partial charge in [0.1, 0.15) is 10.6 Å². The number of aromatic hydroxyl groups is 1. The zero-order chi connectivity index (χ0) is 20.5. The Hall–Kier alpha value is -3.19. The smallest absolute Gasteiger partial charge is 0.266 e. The first kappa shape index (κ1) is 19.1. The van der Waals surface area contributed by atoms with Crippen molar-refractivity contribution in [3.63, 3.8) is 0 Å². The molecule has 0 unspecified atom stereocenters. The van der Waals surface area contributed by atoms with Crippen molar-refractivity contribution in [2.75, 3.05) is 5.32 Å². The second kappa shape index (κ2) is 7.67. The quantitative estimate of drug-likeness (QED) is 0.503. The molecule has 0 atom stereocenters. The molecule has 4 aromatic rings. The average molecular weight is 407 g/mol. The van der Waals surface area contributed by atoms with Gasteiger partial charge in [-0.2, -0.15) is 0 Å². The molecular weight excluding hydrogens is 386 g/mol. The van der Waals surface area contributed by atoms with E-state index in [2.05, 4.69) is 17.2 Å². The van der Waals surface area contributed by atoms with Gasteiger partial charge in [0.05, 0.1) is 16.6 Å². The molecule has 2 heterocycles. The van der Waals surface area contributed by atoms with Crippen molar-refractivity contribution in [1.29, 1.82) is 0 Å². The molecule has 0 saturated heterocycles. The summed E-state index contributed by atoms with van der Waals surface area (Å²) in [5, 5.41) is 14.9. The van der Waals surface area contributed by atoms with E-state index in [9.17, 15) is 14.7 Å². The van der Waals surface area contributed by atoms with Gasteiger partial charge in [-0.15, -0.1) is 11.3 Å². The van der Waals surface area contributed by atoms with Crippen molar-refractivity contribution in [3.05, 3.63) is 63.5 Å². The Bertz CT molecular complexity index is 1290. The highest BCUT2D eigenvalue weighted by Gasteiger charge is 2.20. The van der Waals surface area contributed by atoms with Gasteiger partial charge in [0.2, 0.25) is 0 Å². The highest BCUT2D eigenvalue weighted by atomic mass is 32.1. The van der Waals surface area contributed by atoms with Gasteiger partial charge in [-0.25, -0.2) is 4.98 Å². The fourth-order valence-corrected chi connectivity index (χ4v) is 4.48. The molecule has 0 spiro atoms. The topological polar surface area (TPSA) is 84.2 Å². The van der Waals surface area contributed by atoms with Crippen molar-refractivity contribution in [3.8, 4) is 5.75 Å². The van der Waals surface area contributed by atoms with Crippen LogP contribution in [0.15, 0.2) is 47.5 Å². The number of carbonyl (C=O) groups is 1. The minimum atomic E-state index is -0.291. The molecule has 4 rings (SSSR count). The molecule has 0 aliphatic rings. The summed E-state index contributed by atoms with van der Waals surface area (Å²) in [5.74, 6) is -0.130. The molecule has 0 saturated carbocycles. The van der Waals surface area contributed by atoms with Crippen LogP contribution >= 0.6 is 11.3 Å². The number of unbranched alkanes of at least 4 members (excludes halogenated alkanes) is 1. The van der Waals surface area contributed by atoms with Crippen molar-refractivity contribution in [2.45, 2.75) is 33.2 Å². The summed E-state index contributed by atoms with van der Waals surface area (Å²) in [7, 11) is 0. The van der Waals surface area contributed by atoms with Gasteiger partial charge in [-0.1, -0.05) is 37.6 Å². The zero-order valence-electron chi connectivity index (χ0n) is 16.2. The Balaban J connectivity index is 1.73. The van der Waals surface area contributed by atoms with E-state index >= 15 is 0 Å². The number of thiophene rings is 1. The lowest BCUT2D eigenvalue weighted by molar-refractivity contribution is 0.103. The summed E-state index contributed by atoms with van der Waals surface area (Å²) in [6.07, 6.45) is 3.45. The van der Waals surface area contributed by atoms with Gasteiger partial charge in [0.25, 0.3) is 11.5 Å². The summed E-state index contributed by atoms with van der Waals surface area (Å²) in [6.45, 7) is 4.48. The SMILES string of the molecule is CCCCn1cnc2sc(C(=O)Nc3cccc4c(O)cccc34)c(C)c2c1=O. The summed E-state index contributed by atoms with van der Waals surface area (Å²) < 4.78 is 1.61. The Kier molecular flexibility index (Phi) is 5.07. The van der Waals surface area contributed by atoms with Crippen LogP contribution in [-0.4, -0.2) is 20.6 Å². The Morgan fingerprint density at radius 3 is 2.76 bits per heavy atom. The predicted molar refractivity (Wildman–Crippen MR) is 117 cm³/mol. The molecule has 6 nitrogen and oxygen atoms in total. The normalized spacial score (nSPS) is 11.2. The number of carbonyl (C=O) groups excluding carboxylic acids is 1. The van der Waals surface area contributed by atoms with E-state index in [1.165, 1.54) is 11.3 Å². The monoisotopic (exact) mass is 407 g/mol. The molecule has 1 amide bonds. The van der Waals surface area contributed by atoms with Crippen LogP contribution in [0.3, 0.4) is 0 Å². The van der Waals surface area contributed by atoms with Crippen LogP contribution < -0.4 is 10.9 Å². The maximum absolute atomic E-state index is 13.0. The maximum Gasteiger partial charge on any atom is 0.266 e. The second-order valence-electron chi connectivity index (χ2n) is 6.96. The number of hydrogen-bond acceptors (Lipinski definition) is 5. The Morgan fingerprint density at radius 1 is 1.21 bits per heavy atom. The summed E-state index contributed by atoms with van der Waals surface area (Å²) in [6, 6.07) is 10.6. The molecule has 148 valence electrons. The van der Waals surface area contributed by atoms with Crippen LogP contribution in [0.1, 0.15) is 35.0 Å². The van der Waals surface area contributed by atoms with Crippen molar-refractivity contribution in [2.24, 2.45) is 0 Å². The van der Waals surface area contributed by atoms with Gasteiger partial charge in [0, 0.05) is 23.0 Å². The molecule has 0 aliphatic heterocycles. The molecule has 29 heavy (non-hydrogen) atoms. The predicted octanol–water partition coefficient (Wildman–Crippen LogP) is 4.68. The summed E-state index contributed by atoms with van der Waals surface area (Å²) in [4.78, 5) is 31.3. The molecule has 0 bridgehead atoms. The van der Waals surface area contributed by atoms with Crippen LogP contribution in [0.2, 0.25) is 0 Å². The highest BCUT2D eigenvalue weighted by Crippen LogP contribution is 2.32. The molecular formula is C22H21N3O3S. The third-order valence-corrected chi connectivity index (χ3v) is 6.22. The van der Waals surface area contributed by atoms with Crippen molar-refractivity contribution in [1.82, 2.24) is 9.55 Å². The molecule has 0 aliphatic carbocycles. The summed E-state index contributed by atoms with van der Waals surface area (Å²) >= 11 is 1.22. The van der Waals surface area contributed by atoms with E-state index in [4.69, 9.17) is 0 Å². The fourth-order valence-electron chi connectivity index (χ4n) is 3.44. The molecule has 7 heteroatoms. The Morgan fingerprint density at radius 2 is 1.97 bits per heavy atom. The van der Waals surface area contributed by atoms with E-state index in [1.54, 1.807) is 48.1 Å². The van der Waals surface area contributed by atoms with E-state index in [0.29, 0.717) is 38.3 Å². The first-order chi connectivity index (χ1) is 14.0. The van der Waals surface area contributed by atoms with Crippen molar-refractivity contribution >= 4 is 43.9 Å². The molecule has 2 aromatic heterocycles. The summed E-state index contributed by atoms with van der Waals surface area (Å²) in [5.41, 5.74) is 1.15. The first-order valence-corrected chi connectivity index (χ1v) is 10.3.